The minimum atomic E-state index is -0.299. The van der Waals surface area contributed by atoms with Crippen LogP contribution in [0.3, 0.4) is 0 Å². The van der Waals surface area contributed by atoms with Gasteiger partial charge in [0.1, 0.15) is 5.82 Å². The van der Waals surface area contributed by atoms with E-state index in [-0.39, 0.29) is 17.6 Å². The summed E-state index contributed by atoms with van der Waals surface area (Å²) in [6.45, 7) is 2.78. The van der Waals surface area contributed by atoms with Crippen LogP contribution in [0, 0.1) is 5.82 Å². The third-order valence-electron chi connectivity index (χ3n) is 4.24. The summed E-state index contributed by atoms with van der Waals surface area (Å²) >= 11 is 0. The number of halogens is 1. The summed E-state index contributed by atoms with van der Waals surface area (Å²) in [5.41, 5.74) is 3.17. The predicted octanol–water partition coefficient (Wildman–Crippen LogP) is 3.05. The van der Waals surface area contributed by atoms with Crippen LogP contribution < -0.4 is 10.2 Å². The second-order valence-electron chi connectivity index (χ2n) is 5.76. The molecule has 0 aliphatic carbocycles. The molecule has 0 unspecified atom stereocenters. The van der Waals surface area contributed by atoms with Crippen molar-refractivity contribution >= 4 is 17.5 Å². The predicted molar refractivity (Wildman–Crippen MR) is 90.4 cm³/mol. The van der Waals surface area contributed by atoms with Gasteiger partial charge in [0, 0.05) is 30.8 Å². The van der Waals surface area contributed by atoms with E-state index in [1.165, 1.54) is 12.1 Å². The Morgan fingerprint density at radius 1 is 1.17 bits per heavy atom. The maximum atomic E-state index is 12.9. The normalized spacial score (nSPS) is 12.8. The van der Waals surface area contributed by atoms with Gasteiger partial charge in [0.2, 0.25) is 5.91 Å². The standard InChI is InChI=1S/C19H19FN2O2/c1-2-18(23)22-11-10-15-16(4-3-5-17(15)22)19(24)21-12-13-6-8-14(20)9-7-13/h3-9H,2,10-12H2,1H3,(H,21,24). The van der Waals surface area contributed by atoms with Crippen molar-refractivity contribution in [3.05, 3.63) is 65.0 Å². The average Bonchev–Trinajstić information content (AvgIpc) is 3.04. The molecule has 124 valence electrons. The molecule has 2 amide bonds. The molecule has 0 aromatic heterocycles. The topological polar surface area (TPSA) is 49.4 Å². The lowest BCUT2D eigenvalue weighted by Crippen LogP contribution is -2.27. The Balaban J connectivity index is 1.75. The fourth-order valence-corrected chi connectivity index (χ4v) is 2.98. The van der Waals surface area contributed by atoms with Gasteiger partial charge in [-0.1, -0.05) is 25.1 Å². The number of rotatable bonds is 4. The van der Waals surface area contributed by atoms with Gasteiger partial charge in [0.15, 0.2) is 0 Å². The summed E-state index contributed by atoms with van der Waals surface area (Å²) in [5, 5.41) is 2.86. The van der Waals surface area contributed by atoms with Gasteiger partial charge < -0.3 is 10.2 Å². The number of carbonyl (C=O) groups excluding carboxylic acids is 2. The van der Waals surface area contributed by atoms with E-state index >= 15 is 0 Å². The number of hydrogen-bond donors (Lipinski definition) is 1. The fraction of sp³-hybridized carbons (Fsp3) is 0.263. The molecule has 2 aromatic rings. The summed E-state index contributed by atoms with van der Waals surface area (Å²) in [6.07, 6.45) is 1.13. The van der Waals surface area contributed by atoms with Gasteiger partial charge in [-0.05, 0) is 41.8 Å². The van der Waals surface area contributed by atoms with Crippen LogP contribution in [0.2, 0.25) is 0 Å². The van der Waals surface area contributed by atoms with E-state index in [0.717, 1.165) is 16.8 Å². The van der Waals surface area contributed by atoms with Crippen LogP contribution in [-0.4, -0.2) is 18.4 Å². The monoisotopic (exact) mass is 326 g/mol. The Kier molecular flexibility index (Phi) is 4.60. The molecule has 0 radical (unpaired) electrons. The van der Waals surface area contributed by atoms with Crippen LogP contribution in [0.15, 0.2) is 42.5 Å². The number of fused-ring (bicyclic) bond motifs is 1. The Morgan fingerprint density at radius 3 is 2.62 bits per heavy atom. The number of nitrogens with one attached hydrogen (secondary N) is 1. The third kappa shape index (κ3) is 3.15. The lowest BCUT2D eigenvalue weighted by molar-refractivity contribution is -0.118. The second-order valence-corrected chi connectivity index (χ2v) is 5.76. The van der Waals surface area contributed by atoms with Crippen molar-refractivity contribution < 1.29 is 14.0 Å². The average molecular weight is 326 g/mol. The first-order valence-electron chi connectivity index (χ1n) is 8.05. The van der Waals surface area contributed by atoms with Crippen molar-refractivity contribution in [3.8, 4) is 0 Å². The van der Waals surface area contributed by atoms with E-state index in [9.17, 15) is 14.0 Å². The highest BCUT2D eigenvalue weighted by Crippen LogP contribution is 2.31. The first-order chi connectivity index (χ1) is 11.6. The minimum Gasteiger partial charge on any atom is -0.348 e. The van der Waals surface area contributed by atoms with Gasteiger partial charge in [-0.3, -0.25) is 9.59 Å². The molecular weight excluding hydrogens is 307 g/mol. The molecule has 0 bridgehead atoms. The Hall–Kier alpha value is -2.69. The molecule has 0 atom stereocenters. The van der Waals surface area contributed by atoms with Crippen LogP contribution in [0.25, 0.3) is 0 Å². The second kappa shape index (κ2) is 6.83. The van der Waals surface area contributed by atoms with E-state index in [1.807, 2.05) is 13.0 Å². The smallest absolute Gasteiger partial charge is 0.251 e. The molecule has 5 heteroatoms. The molecule has 2 aromatic carbocycles. The SMILES string of the molecule is CCC(=O)N1CCc2c(C(=O)NCc3ccc(F)cc3)cccc21. The molecule has 24 heavy (non-hydrogen) atoms. The van der Waals surface area contributed by atoms with Crippen LogP contribution in [0.1, 0.15) is 34.8 Å². The van der Waals surface area contributed by atoms with Gasteiger partial charge in [-0.25, -0.2) is 4.39 Å². The summed E-state index contributed by atoms with van der Waals surface area (Å²) in [7, 11) is 0. The molecular formula is C19H19FN2O2. The summed E-state index contributed by atoms with van der Waals surface area (Å²) < 4.78 is 12.9. The van der Waals surface area contributed by atoms with Gasteiger partial charge in [0.05, 0.1) is 0 Å². The van der Waals surface area contributed by atoms with Gasteiger partial charge >= 0.3 is 0 Å². The van der Waals surface area contributed by atoms with E-state index in [2.05, 4.69) is 5.32 Å². The van der Waals surface area contributed by atoms with Crippen molar-refractivity contribution in [2.75, 3.05) is 11.4 Å². The fourth-order valence-electron chi connectivity index (χ4n) is 2.98. The molecule has 0 saturated carbocycles. The number of nitrogens with zero attached hydrogens (tertiary/aromatic N) is 1. The first kappa shape index (κ1) is 16.2. The maximum absolute atomic E-state index is 12.9. The van der Waals surface area contributed by atoms with Crippen LogP contribution in [0.4, 0.5) is 10.1 Å². The zero-order chi connectivity index (χ0) is 17.1. The Bertz CT molecular complexity index is 771. The highest BCUT2D eigenvalue weighted by Gasteiger charge is 2.27. The third-order valence-corrected chi connectivity index (χ3v) is 4.24. The molecule has 1 N–H and O–H groups in total. The molecule has 1 heterocycles. The summed E-state index contributed by atoms with van der Waals surface area (Å²) in [4.78, 5) is 26.2. The number of benzene rings is 2. The van der Waals surface area contributed by atoms with Crippen molar-refractivity contribution in [2.45, 2.75) is 26.3 Å². The van der Waals surface area contributed by atoms with Crippen LogP contribution in [0.5, 0.6) is 0 Å². The highest BCUT2D eigenvalue weighted by atomic mass is 19.1. The summed E-state index contributed by atoms with van der Waals surface area (Å²) in [6, 6.07) is 11.5. The zero-order valence-electron chi connectivity index (χ0n) is 13.5. The Labute approximate surface area is 140 Å². The molecule has 4 nitrogen and oxygen atoms in total. The zero-order valence-corrected chi connectivity index (χ0v) is 13.5. The van der Waals surface area contributed by atoms with E-state index in [4.69, 9.17) is 0 Å². The molecule has 0 saturated heterocycles. The molecule has 0 spiro atoms. The molecule has 0 fully saturated rings. The molecule has 1 aliphatic heterocycles. The molecule has 1 aliphatic rings. The van der Waals surface area contributed by atoms with Crippen molar-refractivity contribution in [3.63, 3.8) is 0 Å². The van der Waals surface area contributed by atoms with Gasteiger partial charge in [0.25, 0.3) is 5.91 Å². The van der Waals surface area contributed by atoms with Crippen molar-refractivity contribution in [2.24, 2.45) is 0 Å². The van der Waals surface area contributed by atoms with Crippen molar-refractivity contribution in [1.82, 2.24) is 5.32 Å². The van der Waals surface area contributed by atoms with Gasteiger partial charge in [-0.15, -0.1) is 0 Å². The lowest BCUT2D eigenvalue weighted by Gasteiger charge is -2.16. The largest absolute Gasteiger partial charge is 0.348 e. The van der Waals surface area contributed by atoms with Gasteiger partial charge in [-0.2, -0.15) is 0 Å². The van der Waals surface area contributed by atoms with Crippen LogP contribution in [-0.2, 0) is 17.8 Å². The molecule has 3 rings (SSSR count). The number of amides is 2. The number of carbonyl (C=O) groups is 2. The van der Waals surface area contributed by atoms with Crippen LogP contribution >= 0.6 is 0 Å². The highest BCUT2D eigenvalue weighted by molar-refractivity contribution is 6.01. The van der Waals surface area contributed by atoms with E-state index < -0.39 is 0 Å². The van der Waals surface area contributed by atoms with E-state index in [0.29, 0.717) is 31.5 Å². The Morgan fingerprint density at radius 2 is 1.92 bits per heavy atom. The summed E-state index contributed by atoms with van der Waals surface area (Å²) in [5.74, 6) is -0.411. The van der Waals surface area contributed by atoms with Crippen molar-refractivity contribution in [1.29, 1.82) is 0 Å². The quantitative estimate of drug-likeness (QED) is 0.939. The first-order valence-corrected chi connectivity index (χ1v) is 8.05. The number of hydrogen-bond acceptors (Lipinski definition) is 2. The van der Waals surface area contributed by atoms with E-state index in [1.54, 1.807) is 29.2 Å². The number of anilines is 1. The maximum Gasteiger partial charge on any atom is 0.251 e. The lowest BCUT2D eigenvalue weighted by atomic mass is 10.0. The minimum absolute atomic E-state index is 0.0672.